The summed E-state index contributed by atoms with van der Waals surface area (Å²) in [4.78, 5) is 0. The van der Waals surface area contributed by atoms with Crippen LogP contribution in [-0.4, -0.2) is 0 Å². The van der Waals surface area contributed by atoms with Crippen LogP contribution in [0.15, 0.2) is 0 Å². The topological polar surface area (TPSA) is 0 Å². The second kappa shape index (κ2) is 10.9. The van der Waals surface area contributed by atoms with E-state index in [2.05, 4.69) is 21.8 Å². The normalized spacial score (nSPS) is 3.50. The monoisotopic (exact) mass is 305 g/mol. The molecule has 0 aliphatic rings. The Kier molecular flexibility index (Phi) is 29.0. The van der Waals surface area contributed by atoms with Crippen molar-refractivity contribution in [3.05, 3.63) is 0 Å². The van der Waals surface area contributed by atoms with Gasteiger partial charge in [0.05, 0.1) is 0 Å². The van der Waals surface area contributed by atoms with Gasteiger partial charge in [-0.2, -0.15) is 0 Å². The molecule has 0 spiro atoms. The van der Waals surface area contributed by atoms with Gasteiger partial charge >= 0.3 is 32.3 Å². The van der Waals surface area contributed by atoms with E-state index in [1.54, 1.807) is 0 Å². The minimum absolute atomic E-state index is 0. The summed E-state index contributed by atoms with van der Waals surface area (Å²) in [7, 11) is 10.7. The molecule has 0 aromatic heterocycles. The van der Waals surface area contributed by atoms with Gasteiger partial charge in [-0.15, -0.1) is 0 Å². The van der Waals surface area contributed by atoms with Crippen molar-refractivity contribution in [2.75, 3.05) is 0 Å². The Hall–Kier alpha value is 2.99. The molecule has 0 unspecified atom stereocenters. The molecule has 0 aromatic carbocycles. The first-order chi connectivity index (χ1) is 1.73. The average molecular weight is 303 g/mol. The van der Waals surface area contributed by atoms with Crippen LogP contribution in [-0.2, 0) is 48.1 Å². The van der Waals surface area contributed by atoms with Gasteiger partial charge in [0.2, 0.25) is 0 Å². The summed E-state index contributed by atoms with van der Waals surface area (Å²) in [5.41, 5.74) is 0. The predicted octanol–water partition coefficient (Wildman–Crippen LogP) is 2.58. The number of hydrogen-bond donors (Lipinski definition) is 0. The molecule has 0 bridgehead atoms. The third-order valence-corrected chi connectivity index (χ3v) is 0. The van der Waals surface area contributed by atoms with Crippen LogP contribution in [0.1, 0.15) is 0 Å². The summed E-state index contributed by atoms with van der Waals surface area (Å²) in [5.74, 6) is 0. The quantitative estimate of drug-likeness (QED) is 0.477. The van der Waals surface area contributed by atoms with Crippen molar-refractivity contribution in [3.63, 3.8) is 0 Å². The van der Waals surface area contributed by atoms with E-state index in [1.807, 2.05) is 0 Å². The summed E-state index contributed by atoms with van der Waals surface area (Å²) in [6.07, 6.45) is 0. The van der Waals surface area contributed by atoms with Crippen molar-refractivity contribution in [2.24, 2.45) is 0 Å². The van der Waals surface area contributed by atoms with Gasteiger partial charge < -0.3 is 0 Å². The first-order valence-electron chi connectivity index (χ1n) is 0.474. The molecule has 6 heteroatoms. The first kappa shape index (κ1) is 16.0. The second-order valence-corrected chi connectivity index (χ2v) is 7.87. The molecule has 0 aliphatic heterocycles. The summed E-state index contributed by atoms with van der Waals surface area (Å²) < 4.78 is 0. The molecule has 6 heavy (non-hydrogen) atoms. The molecule has 0 nitrogen and oxygen atoms in total. The van der Waals surface area contributed by atoms with Gasteiger partial charge in [-0.1, -0.05) is 0 Å². The molecule has 0 amide bonds. The molecule has 0 rings (SSSR count). The zero-order chi connectivity index (χ0) is 3.58. The van der Waals surface area contributed by atoms with Gasteiger partial charge in [0.25, 0.3) is 0 Å². The van der Waals surface area contributed by atoms with Crippen LogP contribution in [0.3, 0.4) is 0 Å². The SMILES string of the molecule is [Mo].[Ni].[P]#[Fe](#[P])#[P]. The molecule has 0 N–H and O–H groups in total. The Morgan fingerprint density at radius 1 is 1.00 bits per heavy atom. The summed E-state index contributed by atoms with van der Waals surface area (Å²) in [6, 6.07) is 0. The molecule has 0 atom stereocenters. The summed E-state index contributed by atoms with van der Waals surface area (Å²) in [5, 5.41) is 0. The molecule has 0 saturated heterocycles. The van der Waals surface area contributed by atoms with Crippen molar-refractivity contribution in [2.45, 2.75) is 0 Å². The van der Waals surface area contributed by atoms with Crippen LogP contribution in [0.5, 0.6) is 0 Å². The van der Waals surface area contributed by atoms with Crippen LogP contribution in [0.25, 0.3) is 0 Å². The zero-order valence-corrected chi connectivity index (χ0v) is 9.20. The molecule has 0 radical (unpaired) electrons. The minimum atomic E-state index is -0.667. The maximum atomic E-state index is 3.78. The van der Waals surface area contributed by atoms with E-state index in [4.69, 9.17) is 0 Å². The molecule has 0 aliphatic carbocycles. The Morgan fingerprint density at radius 3 is 1.00 bits per heavy atom. The predicted molar refractivity (Wildman–Crippen MR) is 20.8 cm³/mol. The van der Waals surface area contributed by atoms with Gasteiger partial charge in [0.1, 0.15) is 0 Å². The fourth-order valence-electron chi connectivity index (χ4n) is 0. The Morgan fingerprint density at radius 2 is 1.00 bits per heavy atom. The molecule has 0 aromatic rings. The average Bonchev–Trinajstić information content (AvgIpc) is 0.811. The van der Waals surface area contributed by atoms with Crippen LogP contribution >= 0.6 is 21.8 Å². The summed E-state index contributed by atoms with van der Waals surface area (Å²) in [6.45, 7) is 0. The van der Waals surface area contributed by atoms with E-state index in [-0.39, 0.29) is 37.6 Å². The van der Waals surface area contributed by atoms with E-state index in [0.29, 0.717) is 0 Å². The maximum absolute atomic E-state index is 3.78. The van der Waals surface area contributed by atoms with E-state index in [0.717, 1.165) is 0 Å². The molecule has 39 valence electrons. The van der Waals surface area contributed by atoms with Crippen molar-refractivity contribution >= 4 is 21.8 Å². The Balaban J connectivity index is -0.0000000450. The second-order valence-electron chi connectivity index (χ2n) is 0.212. The van der Waals surface area contributed by atoms with Crippen LogP contribution < -0.4 is 0 Å². The molecule has 0 heterocycles. The Bertz CT molecular complexity index is 226. The van der Waals surface area contributed by atoms with Crippen LogP contribution in [0, 0.1) is 0 Å². The van der Waals surface area contributed by atoms with Crippen LogP contribution in [0.4, 0.5) is 0 Å². The standard InChI is InChI=1S/Fe.Mo.Ni.3P. The fraction of sp³-hybridized carbons (Fsp3) is 0. The summed E-state index contributed by atoms with van der Waals surface area (Å²) >= 11 is 0. The van der Waals surface area contributed by atoms with Gasteiger partial charge in [-0.25, -0.2) is 0 Å². The van der Waals surface area contributed by atoms with Crippen LogP contribution in [0.2, 0.25) is 0 Å². The first-order valence-corrected chi connectivity index (χ1v) is 5.87. The van der Waals surface area contributed by atoms with Crippen molar-refractivity contribution in [1.29, 1.82) is 0 Å². The third kappa shape index (κ3) is 28.0. The van der Waals surface area contributed by atoms with Gasteiger partial charge in [0.15, 0.2) is 0 Å². The molecular formula is FeMoNiP3. The zero-order valence-electron chi connectivity index (χ0n) is 2.42. The van der Waals surface area contributed by atoms with Crippen molar-refractivity contribution < 1.29 is 48.1 Å². The molecule has 0 fully saturated rings. The molecule has 0 saturated carbocycles. The van der Waals surface area contributed by atoms with E-state index < -0.39 is 10.5 Å². The number of hydrogen-bond acceptors (Lipinski definition) is 0. The van der Waals surface area contributed by atoms with Gasteiger partial charge in [0, 0.05) is 37.6 Å². The van der Waals surface area contributed by atoms with E-state index >= 15 is 0 Å². The van der Waals surface area contributed by atoms with Gasteiger partial charge in [-0.05, 0) is 0 Å². The van der Waals surface area contributed by atoms with E-state index in [1.165, 1.54) is 0 Å². The Labute approximate surface area is 69.2 Å². The van der Waals surface area contributed by atoms with Crippen molar-refractivity contribution in [3.8, 4) is 0 Å². The molecular weight excluding hydrogens is 303 g/mol. The third-order valence-electron chi connectivity index (χ3n) is 0. The van der Waals surface area contributed by atoms with Crippen molar-refractivity contribution in [1.82, 2.24) is 0 Å². The fourth-order valence-corrected chi connectivity index (χ4v) is 0. The van der Waals surface area contributed by atoms with E-state index in [9.17, 15) is 0 Å². The van der Waals surface area contributed by atoms with Gasteiger partial charge in [-0.3, -0.25) is 0 Å². The number of rotatable bonds is 0.